The molecule has 1 rings (SSSR count). The summed E-state index contributed by atoms with van der Waals surface area (Å²) in [6.45, 7) is 1.18. The van der Waals surface area contributed by atoms with Crippen LogP contribution in [0, 0.1) is 11.3 Å². The summed E-state index contributed by atoms with van der Waals surface area (Å²) >= 11 is -0.373. The molecule has 0 aromatic heterocycles. The number of carbonyl (C=O) groups is 1. The van der Waals surface area contributed by atoms with Crippen molar-refractivity contribution in [1.82, 2.24) is 0 Å². The molecule has 1 N–H and O–H groups in total. The Balaban J connectivity index is 2.61. The topological polar surface area (TPSA) is 52.9 Å². The van der Waals surface area contributed by atoms with Gasteiger partial charge in [0.25, 0.3) is 0 Å². The van der Waals surface area contributed by atoms with Gasteiger partial charge >= 0.3 is 5.51 Å². The predicted octanol–water partition coefficient (Wildman–Crippen LogP) is 3.14. The Bertz CT molecular complexity index is 465. The maximum Gasteiger partial charge on any atom is 0.442 e. The summed E-state index contributed by atoms with van der Waals surface area (Å²) in [7, 11) is 0. The number of hydrogen-bond donors (Lipinski definition) is 1. The number of halogens is 3. The van der Waals surface area contributed by atoms with Crippen molar-refractivity contribution in [2.45, 2.75) is 17.7 Å². The lowest BCUT2D eigenvalue weighted by Crippen LogP contribution is -2.25. The smallest absolute Gasteiger partial charge is 0.325 e. The molecule has 3 nitrogen and oxygen atoms in total. The zero-order valence-corrected chi connectivity index (χ0v) is 10.1. The molecule has 0 aliphatic carbocycles. The minimum Gasteiger partial charge on any atom is -0.325 e. The average molecular weight is 274 g/mol. The molecule has 0 spiro atoms. The Morgan fingerprint density at radius 2 is 1.94 bits per heavy atom. The number of nitrogens with zero attached hydrogens (tertiary/aromatic N) is 1. The van der Waals surface area contributed by atoms with Gasteiger partial charge in [0.05, 0.1) is 16.9 Å². The number of nitriles is 1. The molecular weight excluding hydrogens is 265 g/mol. The van der Waals surface area contributed by atoms with E-state index < -0.39 is 16.7 Å². The van der Waals surface area contributed by atoms with Gasteiger partial charge in [0.2, 0.25) is 5.91 Å². The second-order valence-electron chi connectivity index (χ2n) is 3.38. The largest absolute Gasteiger partial charge is 0.442 e. The summed E-state index contributed by atoms with van der Waals surface area (Å²) in [6.07, 6.45) is 0. The van der Waals surface area contributed by atoms with E-state index in [2.05, 4.69) is 5.32 Å². The number of thioether (sulfide) groups is 1. The van der Waals surface area contributed by atoms with Crippen LogP contribution < -0.4 is 5.32 Å². The first-order valence-corrected chi connectivity index (χ1v) is 5.75. The second kappa shape index (κ2) is 5.78. The Labute approximate surface area is 106 Å². The van der Waals surface area contributed by atoms with Crippen LogP contribution in [0.1, 0.15) is 12.5 Å². The van der Waals surface area contributed by atoms with Gasteiger partial charge in [-0.05, 0) is 43.0 Å². The molecule has 7 heteroatoms. The van der Waals surface area contributed by atoms with Crippen LogP contribution in [-0.4, -0.2) is 16.7 Å². The van der Waals surface area contributed by atoms with Crippen LogP contribution in [0.15, 0.2) is 24.3 Å². The number of alkyl halides is 3. The number of benzene rings is 1. The number of amides is 1. The molecule has 1 atom stereocenters. The summed E-state index contributed by atoms with van der Waals surface area (Å²) in [5, 5.41) is 9.67. The minimum atomic E-state index is -4.44. The molecule has 0 aliphatic heterocycles. The molecule has 0 bridgehead atoms. The fraction of sp³-hybridized carbons (Fsp3) is 0.273. The van der Waals surface area contributed by atoms with Gasteiger partial charge in [-0.25, -0.2) is 0 Å². The zero-order chi connectivity index (χ0) is 13.8. The molecule has 0 saturated carbocycles. The van der Waals surface area contributed by atoms with E-state index >= 15 is 0 Å². The fourth-order valence-corrected chi connectivity index (χ4v) is 1.69. The van der Waals surface area contributed by atoms with Gasteiger partial charge in [-0.3, -0.25) is 4.79 Å². The highest BCUT2D eigenvalue weighted by molar-refractivity contribution is 8.01. The van der Waals surface area contributed by atoms with E-state index in [-0.39, 0.29) is 11.8 Å². The van der Waals surface area contributed by atoms with Crippen molar-refractivity contribution in [2.75, 3.05) is 5.32 Å². The number of carbonyl (C=O) groups excluding carboxylic acids is 1. The quantitative estimate of drug-likeness (QED) is 0.921. The van der Waals surface area contributed by atoms with Crippen LogP contribution in [0.2, 0.25) is 0 Å². The number of hydrogen-bond acceptors (Lipinski definition) is 3. The second-order valence-corrected chi connectivity index (χ2v) is 4.79. The van der Waals surface area contributed by atoms with E-state index in [0.717, 1.165) is 0 Å². The Morgan fingerprint density at radius 3 is 2.39 bits per heavy atom. The summed E-state index contributed by atoms with van der Waals surface area (Å²) in [6, 6.07) is 7.75. The molecule has 96 valence electrons. The van der Waals surface area contributed by atoms with Crippen LogP contribution in [0.5, 0.6) is 0 Å². The van der Waals surface area contributed by atoms with Gasteiger partial charge < -0.3 is 5.32 Å². The third kappa shape index (κ3) is 4.67. The van der Waals surface area contributed by atoms with Crippen molar-refractivity contribution >= 4 is 23.4 Å². The monoisotopic (exact) mass is 274 g/mol. The lowest BCUT2D eigenvalue weighted by Gasteiger charge is -2.13. The van der Waals surface area contributed by atoms with Gasteiger partial charge in [-0.2, -0.15) is 18.4 Å². The molecule has 0 heterocycles. The lowest BCUT2D eigenvalue weighted by molar-refractivity contribution is -0.115. The maximum absolute atomic E-state index is 12.1. The van der Waals surface area contributed by atoms with Crippen molar-refractivity contribution in [3.63, 3.8) is 0 Å². The van der Waals surface area contributed by atoms with Crippen molar-refractivity contribution in [3.8, 4) is 6.07 Å². The van der Waals surface area contributed by atoms with E-state index in [4.69, 9.17) is 5.26 Å². The number of anilines is 1. The molecule has 0 saturated heterocycles. The highest BCUT2D eigenvalue weighted by atomic mass is 32.2. The van der Waals surface area contributed by atoms with E-state index in [9.17, 15) is 18.0 Å². The van der Waals surface area contributed by atoms with E-state index in [0.29, 0.717) is 11.3 Å². The molecule has 1 aromatic rings. The predicted molar refractivity (Wildman–Crippen MR) is 62.9 cm³/mol. The summed E-state index contributed by atoms with van der Waals surface area (Å²) in [4.78, 5) is 11.4. The molecule has 0 unspecified atom stereocenters. The molecule has 0 fully saturated rings. The van der Waals surface area contributed by atoms with E-state index in [1.165, 1.54) is 31.2 Å². The first-order chi connectivity index (χ1) is 8.31. The lowest BCUT2D eigenvalue weighted by atomic mass is 10.2. The van der Waals surface area contributed by atoms with Crippen LogP contribution in [0.4, 0.5) is 18.9 Å². The Hall–Kier alpha value is -1.68. The zero-order valence-electron chi connectivity index (χ0n) is 9.28. The van der Waals surface area contributed by atoms with Crippen molar-refractivity contribution in [3.05, 3.63) is 29.8 Å². The first kappa shape index (κ1) is 14.4. The van der Waals surface area contributed by atoms with Gasteiger partial charge in [0, 0.05) is 5.69 Å². The Morgan fingerprint density at radius 1 is 1.39 bits per heavy atom. The van der Waals surface area contributed by atoms with Gasteiger partial charge in [0.15, 0.2) is 0 Å². The molecule has 1 amide bonds. The molecule has 1 aromatic carbocycles. The normalized spacial score (nSPS) is 12.6. The third-order valence-electron chi connectivity index (χ3n) is 1.96. The van der Waals surface area contributed by atoms with Gasteiger partial charge in [-0.1, -0.05) is 0 Å². The highest BCUT2D eigenvalue weighted by Crippen LogP contribution is 2.34. The average Bonchev–Trinajstić information content (AvgIpc) is 2.27. The maximum atomic E-state index is 12.1. The molecule has 0 radical (unpaired) electrons. The number of rotatable bonds is 3. The standard InChI is InChI=1S/C11H9F3N2OS/c1-7(18-11(12,13)14)10(17)16-9-4-2-8(6-15)3-5-9/h2-5,7H,1H3,(H,16,17)/t7-/m1/s1. The van der Waals surface area contributed by atoms with Gasteiger partial charge in [-0.15, -0.1) is 0 Å². The summed E-state index contributed by atoms with van der Waals surface area (Å²) in [5.74, 6) is -0.734. The first-order valence-electron chi connectivity index (χ1n) is 4.87. The molecule has 0 aliphatic rings. The van der Waals surface area contributed by atoms with Crippen LogP contribution in [0.25, 0.3) is 0 Å². The van der Waals surface area contributed by atoms with Crippen LogP contribution in [-0.2, 0) is 4.79 Å². The Kier molecular flexibility index (Phi) is 4.62. The summed E-state index contributed by atoms with van der Waals surface area (Å²) in [5.41, 5.74) is -3.68. The van der Waals surface area contributed by atoms with Crippen molar-refractivity contribution in [2.24, 2.45) is 0 Å². The minimum absolute atomic E-state index is 0.355. The number of nitrogens with one attached hydrogen (secondary N) is 1. The SMILES string of the molecule is C[C@@H](SC(F)(F)F)C(=O)Nc1ccc(C#N)cc1. The van der Waals surface area contributed by atoms with Crippen LogP contribution >= 0.6 is 11.8 Å². The van der Waals surface area contributed by atoms with Crippen molar-refractivity contribution in [1.29, 1.82) is 5.26 Å². The van der Waals surface area contributed by atoms with Crippen molar-refractivity contribution < 1.29 is 18.0 Å². The van der Waals surface area contributed by atoms with Crippen LogP contribution in [0.3, 0.4) is 0 Å². The molecular formula is C11H9F3N2OS. The highest BCUT2D eigenvalue weighted by Gasteiger charge is 2.34. The fourth-order valence-electron chi connectivity index (χ4n) is 1.13. The van der Waals surface area contributed by atoms with E-state index in [1.54, 1.807) is 0 Å². The van der Waals surface area contributed by atoms with E-state index in [1.807, 2.05) is 6.07 Å². The third-order valence-corrected chi connectivity index (χ3v) is 2.80. The van der Waals surface area contributed by atoms with Gasteiger partial charge in [0.1, 0.15) is 0 Å². The molecule has 18 heavy (non-hydrogen) atoms. The summed E-state index contributed by atoms with van der Waals surface area (Å²) < 4.78 is 36.2.